The molecular formula is C29H27N7O2S. The molecule has 0 radical (unpaired) electrons. The Morgan fingerprint density at radius 1 is 1.21 bits per heavy atom. The number of carbonyl (C=O) groups excluding carboxylic acids is 1. The Bertz CT molecular complexity index is 1690. The molecule has 39 heavy (non-hydrogen) atoms. The molecule has 1 saturated heterocycles. The second-order valence-corrected chi connectivity index (χ2v) is 10.3. The van der Waals surface area contributed by atoms with Crippen LogP contribution in [0.3, 0.4) is 0 Å². The van der Waals surface area contributed by atoms with Gasteiger partial charge in [0.05, 0.1) is 39.4 Å². The second kappa shape index (κ2) is 11.1. The Labute approximate surface area is 229 Å². The highest BCUT2D eigenvalue weighted by atomic mass is 32.1. The third kappa shape index (κ3) is 5.70. The van der Waals surface area contributed by atoms with Gasteiger partial charge in [0, 0.05) is 30.6 Å². The van der Waals surface area contributed by atoms with Crippen LogP contribution in [0.1, 0.15) is 23.8 Å². The molecule has 3 N–H and O–H groups in total. The highest BCUT2D eigenvalue weighted by Crippen LogP contribution is 2.31. The van der Waals surface area contributed by atoms with Gasteiger partial charge in [-0.15, -0.1) is 11.3 Å². The smallest absolute Gasteiger partial charge is 0.407 e. The Hall–Kier alpha value is -4.46. The molecule has 0 spiro atoms. The van der Waals surface area contributed by atoms with Crippen molar-refractivity contribution in [3.05, 3.63) is 77.6 Å². The summed E-state index contributed by atoms with van der Waals surface area (Å²) >= 11 is 1.55. The van der Waals surface area contributed by atoms with Crippen LogP contribution in [0, 0.1) is 11.8 Å². The molecule has 0 unspecified atom stereocenters. The summed E-state index contributed by atoms with van der Waals surface area (Å²) in [5.41, 5.74) is 4.05. The number of rotatable bonds is 6. The molecule has 196 valence electrons. The van der Waals surface area contributed by atoms with Gasteiger partial charge in [-0.25, -0.2) is 14.8 Å². The van der Waals surface area contributed by atoms with Gasteiger partial charge >= 0.3 is 6.09 Å². The molecule has 1 aliphatic heterocycles. The van der Waals surface area contributed by atoms with E-state index in [1.165, 1.54) is 5.56 Å². The summed E-state index contributed by atoms with van der Waals surface area (Å²) < 4.78 is 8.35. The van der Waals surface area contributed by atoms with E-state index >= 15 is 0 Å². The zero-order chi connectivity index (χ0) is 26.6. The van der Waals surface area contributed by atoms with E-state index in [2.05, 4.69) is 67.1 Å². The van der Waals surface area contributed by atoms with Crippen LogP contribution in [0.4, 0.5) is 16.3 Å². The van der Waals surface area contributed by atoms with Gasteiger partial charge in [-0.2, -0.15) is 5.10 Å². The molecule has 9 nitrogen and oxygen atoms in total. The van der Waals surface area contributed by atoms with Gasteiger partial charge in [-0.05, 0) is 36.8 Å². The fourth-order valence-electron chi connectivity index (χ4n) is 4.59. The van der Waals surface area contributed by atoms with E-state index in [1.807, 2.05) is 48.1 Å². The maximum Gasteiger partial charge on any atom is 0.407 e. The van der Waals surface area contributed by atoms with Gasteiger partial charge < -0.3 is 15.4 Å². The lowest BCUT2D eigenvalue weighted by Gasteiger charge is -2.10. The molecule has 2 atom stereocenters. The first-order valence-electron chi connectivity index (χ1n) is 12.8. The number of thiophene rings is 1. The fourth-order valence-corrected chi connectivity index (χ4v) is 5.50. The van der Waals surface area contributed by atoms with E-state index < -0.39 is 0 Å². The molecule has 0 saturated carbocycles. The second-order valence-electron chi connectivity index (χ2n) is 9.26. The molecule has 2 aromatic carbocycles. The number of anilines is 2. The number of alkyl carbamates (subject to hydrolysis) is 1. The maximum absolute atomic E-state index is 11.7. The van der Waals surface area contributed by atoms with Crippen molar-refractivity contribution in [1.29, 1.82) is 0 Å². The Morgan fingerprint density at radius 2 is 2.10 bits per heavy atom. The van der Waals surface area contributed by atoms with Crippen molar-refractivity contribution in [2.24, 2.45) is 0 Å². The number of carbonyl (C=O) groups is 1. The lowest BCUT2D eigenvalue weighted by atomic mass is 10.2. The lowest BCUT2D eigenvalue weighted by molar-refractivity contribution is 0.107. The monoisotopic (exact) mass is 537 g/mol. The van der Waals surface area contributed by atoms with Gasteiger partial charge in [0.25, 0.3) is 0 Å². The lowest BCUT2D eigenvalue weighted by Crippen LogP contribution is -2.29. The summed E-state index contributed by atoms with van der Waals surface area (Å²) in [5, 5.41) is 15.1. The van der Waals surface area contributed by atoms with Gasteiger partial charge in [0.15, 0.2) is 5.82 Å². The van der Waals surface area contributed by atoms with Crippen molar-refractivity contribution in [3.63, 3.8) is 0 Å². The van der Waals surface area contributed by atoms with Crippen molar-refractivity contribution < 1.29 is 9.53 Å². The van der Waals surface area contributed by atoms with Crippen molar-refractivity contribution in [2.75, 3.05) is 18.4 Å². The first-order chi connectivity index (χ1) is 19.1. The van der Waals surface area contributed by atoms with E-state index in [0.29, 0.717) is 19.5 Å². The van der Waals surface area contributed by atoms with Crippen LogP contribution in [0.5, 0.6) is 0 Å². The standard InChI is InChI=1S/C29H27N7O2S/c1-2-30-29(37)38-23-13-21(31-16-23)8-10-24-14-25-27(39-24)28(33-18-32-25)35-22-9-11-26-20(12-22)15-34-36(26)17-19-6-4-3-5-7-19/h3-7,9,11-12,14-15,18,21,23,31H,2,13,16-17H2,1H3,(H,30,37)(H,32,33,35)/t21-,23-/m0/s1. The third-order valence-electron chi connectivity index (χ3n) is 6.45. The summed E-state index contributed by atoms with van der Waals surface area (Å²) in [4.78, 5) is 21.5. The molecule has 1 fully saturated rings. The topological polar surface area (TPSA) is 106 Å². The number of aromatic nitrogens is 4. The van der Waals surface area contributed by atoms with E-state index in [-0.39, 0.29) is 18.2 Å². The molecular weight excluding hydrogens is 510 g/mol. The normalized spacial score (nSPS) is 16.6. The van der Waals surface area contributed by atoms with E-state index in [0.717, 1.165) is 44.0 Å². The minimum absolute atomic E-state index is 0.0344. The summed E-state index contributed by atoms with van der Waals surface area (Å²) in [7, 11) is 0. The molecule has 1 amide bonds. The zero-order valence-corrected chi connectivity index (χ0v) is 22.2. The van der Waals surface area contributed by atoms with Crippen LogP contribution in [-0.2, 0) is 11.3 Å². The first kappa shape index (κ1) is 24.9. The Kier molecular flexibility index (Phi) is 7.08. The first-order valence-corrected chi connectivity index (χ1v) is 13.7. The molecule has 4 heterocycles. The van der Waals surface area contributed by atoms with Crippen molar-refractivity contribution in [1.82, 2.24) is 30.4 Å². The number of ether oxygens (including phenoxy) is 1. The molecule has 0 aliphatic carbocycles. The number of hydrogen-bond donors (Lipinski definition) is 3. The van der Waals surface area contributed by atoms with Gasteiger partial charge in [0.2, 0.25) is 0 Å². The van der Waals surface area contributed by atoms with Crippen LogP contribution in [0.2, 0.25) is 0 Å². The SMILES string of the molecule is CCNC(=O)O[C@@H]1CN[C@@H](C#Cc2cc3ncnc(Nc4ccc5c(cnn5Cc5ccccc5)c4)c3s2)C1. The molecule has 0 bridgehead atoms. The maximum atomic E-state index is 11.7. The summed E-state index contributed by atoms with van der Waals surface area (Å²) in [6.07, 6.45) is 3.54. The van der Waals surface area contributed by atoms with E-state index in [4.69, 9.17) is 4.74 Å². The highest BCUT2D eigenvalue weighted by Gasteiger charge is 2.25. The number of amides is 1. The number of benzene rings is 2. The average molecular weight is 538 g/mol. The molecule has 6 rings (SSSR count). The number of nitrogens with one attached hydrogen (secondary N) is 3. The summed E-state index contributed by atoms with van der Waals surface area (Å²) in [5.74, 6) is 7.26. The van der Waals surface area contributed by atoms with Crippen LogP contribution in [-0.4, -0.2) is 51.1 Å². The Balaban J connectivity index is 1.16. The number of hydrogen-bond acceptors (Lipinski definition) is 8. The quantitative estimate of drug-likeness (QED) is 0.271. The van der Waals surface area contributed by atoms with Crippen molar-refractivity contribution in [2.45, 2.75) is 32.0 Å². The summed E-state index contributed by atoms with van der Waals surface area (Å²) in [6.45, 7) is 3.72. The van der Waals surface area contributed by atoms with Crippen LogP contribution >= 0.6 is 11.3 Å². The van der Waals surface area contributed by atoms with E-state index in [9.17, 15) is 4.79 Å². The predicted octanol–water partition coefficient (Wildman–Crippen LogP) is 4.66. The number of nitrogens with zero attached hydrogens (tertiary/aromatic N) is 4. The third-order valence-corrected chi connectivity index (χ3v) is 7.49. The number of fused-ring (bicyclic) bond motifs is 2. The van der Waals surface area contributed by atoms with Crippen LogP contribution in [0.25, 0.3) is 21.1 Å². The van der Waals surface area contributed by atoms with Crippen LogP contribution in [0.15, 0.2) is 67.1 Å². The largest absolute Gasteiger partial charge is 0.445 e. The van der Waals surface area contributed by atoms with Gasteiger partial charge in [-0.3, -0.25) is 10.00 Å². The fraction of sp³-hybridized carbons (Fsp3) is 0.241. The van der Waals surface area contributed by atoms with Gasteiger partial charge in [0.1, 0.15) is 12.4 Å². The molecule has 3 aromatic heterocycles. The zero-order valence-electron chi connectivity index (χ0n) is 21.3. The minimum atomic E-state index is -0.388. The van der Waals surface area contributed by atoms with Gasteiger partial charge in [-0.1, -0.05) is 42.2 Å². The van der Waals surface area contributed by atoms with Crippen LogP contribution < -0.4 is 16.0 Å². The minimum Gasteiger partial charge on any atom is -0.445 e. The Morgan fingerprint density at radius 3 is 2.97 bits per heavy atom. The highest BCUT2D eigenvalue weighted by molar-refractivity contribution is 7.20. The van der Waals surface area contributed by atoms with Crippen molar-refractivity contribution in [3.8, 4) is 11.8 Å². The molecule has 5 aromatic rings. The predicted molar refractivity (Wildman–Crippen MR) is 153 cm³/mol. The molecule has 1 aliphatic rings. The summed E-state index contributed by atoms with van der Waals surface area (Å²) in [6, 6.07) is 18.5. The average Bonchev–Trinajstić information content (AvgIpc) is 3.67. The van der Waals surface area contributed by atoms with E-state index in [1.54, 1.807) is 17.7 Å². The van der Waals surface area contributed by atoms with Crippen molar-refractivity contribution >= 4 is 50.1 Å². The molecule has 10 heteroatoms.